The molecule has 0 aliphatic heterocycles. The van der Waals surface area contributed by atoms with Crippen LogP contribution in [0.5, 0.6) is 5.75 Å². The molecule has 2 aromatic rings. The van der Waals surface area contributed by atoms with Gasteiger partial charge in [0.25, 0.3) is 0 Å². The Labute approximate surface area is 142 Å². The first-order valence-corrected chi connectivity index (χ1v) is 7.84. The maximum absolute atomic E-state index is 12.4. The average molecular weight is 441 g/mol. The summed E-state index contributed by atoms with van der Waals surface area (Å²) in [6.07, 6.45) is 0. The molecule has 7 heteroatoms. The maximum Gasteiger partial charge on any atom is 0.387 e. The Balaban J connectivity index is 2.14. The Kier molecular flexibility index (Phi) is 5.84. The molecule has 112 valence electrons. The first-order chi connectivity index (χ1) is 9.95. The predicted molar refractivity (Wildman–Crippen MR) is 87.3 cm³/mol. The standard InChI is InChI=1S/C14H10Br2ClF2NO/c15-9-1-4-13(21-14(18)19)8(5-9)7-20-10-2-3-11(16)12(17)6-10/h1-6,14,20H,7H2. The molecule has 21 heavy (non-hydrogen) atoms. The van der Waals surface area contributed by atoms with Crippen molar-refractivity contribution in [1.29, 1.82) is 0 Å². The van der Waals surface area contributed by atoms with Crippen LogP contribution in [0, 0.1) is 0 Å². The smallest absolute Gasteiger partial charge is 0.387 e. The van der Waals surface area contributed by atoms with Crippen LogP contribution in [0.1, 0.15) is 5.56 Å². The zero-order chi connectivity index (χ0) is 15.4. The van der Waals surface area contributed by atoms with Crippen LogP contribution < -0.4 is 10.1 Å². The monoisotopic (exact) mass is 439 g/mol. The minimum absolute atomic E-state index is 0.143. The van der Waals surface area contributed by atoms with Gasteiger partial charge in [0, 0.05) is 26.7 Å². The van der Waals surface area contributed by atoms with E-state index in [4.69, 9.17) is 11.6 Å². The van der Waals surface area contributed by atoms with Gasteiger partial charge >= 0.3 is 6.61 Å². The number of nitrogens with one attached hydrogen (secondary N) is 1. The summed E-state index contributed by atoms with van der Waals surface area (Å²) in [5.74, 6) is 0.143. The Morgan fingerprint density at radius 3 is 2.57 bits per heavy atom. The van der Waals surface area contributed by atoms with Crippen molar-refractivity contribution >= 4 is 49.1 Å². The number of ether oxygens (including phenoxy) is 1. The predicted octanol–water partition coefficient (Wildman–Crippen LogP) is 6.08. The second-order valence-electron chi connectivity index (χ2n) is 4.11. The number of hydrogen-bond donors (Lipinski definition) is 1. The summed E-state index contributed by atoms with van der Waals surface area (Å²) < 4.78 is 30.9. The van der Waals surface area contributed by atoms with E-state index in [-0.39, 0.29) is 5.75 Å². The highest BCUT2D eigenvalue weighted by Crippen LogP contribution is 2.28. The molecule has 0 aliphatic carbocycles. The SMILES string of the molecule is FC(F)Oc1ccc(Br)cc1CNc1ccc(Br)c(Cl)c1. The van der Waals surface area contributed by atoms with Crippen LogP contribution in [-0.4, -0.2) is 6.61 Å². The normalized spacial score (nSPS) is 10.8. The van der Waals surface area contributed by atoms with Crippen molar-refractivity contribution in [2.45, 2.75) is 13.2 Å². The van der Waals surface area contributed by atoms with E-state index < -0.39 is 6.61 Å². The van der Waals surface area contributed by atoms with E-state index in [1.165, 1.54) is 6.07 Å². The zero-order valence-electron chi connectivity index (χ0n) is 10.5. The third-order valence-electron chi connectivity index (χ3n) is 2.64. The number of hydrogen-bond acceptors (Lipinski definition) is 2. The summed E-state index contributed by atoms with van der Waals surface area (Å²) in [5.41, 5.74) is 1.40. The molecule has 0 radical (unpaired) electrons. The first kappa shape index (κ1) is 16.5. The van der Waals surface area contributed by atoms with E-state index >= 15 is 0 Å². The molecule has 0 saturated carbocycles. The van der Waals surface area contributed by atoms with Crippen LogP contribution >= 0.6 is 43.5 Å². The fraction of sp³-hybridized carbons (Fsp3) is 0.143. The summed E-state index contributed by atoms with van der Waals surface area (Å²) in [5, 5.41) is 3.69. The molecule has 0 aromatic heterocycles. The topological polar surface area (TPSA) is 21.3 Å². The lowest BCUT2D eigenvalue weighted by Gasteiger charge is -2.13. The fourth-order valence-electron chi connectivity index (χ4n) is 1.70. The number of benzene rings is 2. The van der Waals surface area contributed by atoms with Gasteiger partial charge in [0.15, 0.2) is 0 Å². The van der Waals surface area contributed by atoms with Gasteiger partial charge in [-0.1, -0.05) is 27.5 Å². The van der Waals surface area contributed by atoms with E-state index in [1.807, 2.05) is 12.1 Å². The molecule has 0 saturated heterocycles. The lowest BCUT2D eigenvalue weighted by molar-refractivity contribution is -0.0504. The van der Waals surface area contributed by atoms with Crippen LogP contribution in [0.15, 0.2) is 45.3 Å². The third kappa shape index (κ3) is 4.83. The molecule has 2 aromatic carbocycles. The Morgan fingerprint density at radius 1 is 1.14 bits per heavy atom. The molecule has 2 rings (SSSR count). The molecule has 0 amide bonds. The lowest BCUT2D eigenvalue weighted by atomic mass is 10.2. The van der Waals surface area contributed by atoms with Crippen LogP contribution in [-0.2, 0) is 6.54 Å². The number of halogens is 5. The molecule has 0 atom stereocenters. The van der Waals surface area contributed by atoms with Crippen molar-refractivity contribution in [3.8, 4) is 5.75 Å². The number of alkyl halides is 2. The number of rotatable bonds is 5. The van der Waals surface area contributed by atoms with E-state index in [0.29, 0.717) is 17.1 Å². The van der Waals surface area contributed by atoms with Crippen molar-refractivity contribution < 1.29 is 13.5 Å². The lowest BCUT2D eigenvalue weighted by Crippen LogP contribution is -2.07. The molecule has 1 N–H and O–H groups in total. The van der Waals surface area contributed by atoms with Crippen LogP contribution in [0.3, 0.4) is 0 Å². The Morgan fingerprint density at radius 2 is 1.90 bits per heavy atom. The largest absolute Gasteiger partial charge is 0.434 e. The zero-order valence-corrected chi connectivity index (χ0v) is 14.5. The summed E-state index contributed by atoms with van der Waals surface area (Å²) in [6.45, 7) is -2.52. The molecular weight excluding hydrogens is 431 g/mol. The molecule has 0 aliphatic rings. The van der Waals surface area contributed by atoms with Gasteiger partial charge in [-0.25, -0.2) is 0 Å². The Bertz CT molecular complexity index is 640. The number of anilines is 1. The second kappa shape index (κ2) is 7.42. The van der Waals surface area contributed by atoms with Crippen molar-refractivity contribution in [3.05, 3.63) is 55.9 Å². The second-order valence-corrected chi connectivity index (χ2v) is 6.29. The summed E-state index contributed by atoms with van der Waals surface area (Å²) in [6, 6.07) is 10.3. The molecular formula is C14H10Br2ClF2NO. The summed E-state index contributed by atoms with van der Waals surface area (Å²) >= 11 is 12.6. The summed E-state index contributed by atoms with van der Waals surface area (Å²) in [7, 11) is 0. The van der Waals surface area contributed by atoms with E-state index in [1.54, 1.807) is 18.2 Å². The first-order valence-electron chi connectivity index (χ1n) is 5.88. The molecule has 0 heterocycles. The van der Waals surface area contributed by atoms with Gasteiger partial charge in [0.1, 0.15) is 5.75 Å². The highest BCUT2D eigenvalue weighted by Gasteiger charge is 2.10. The minimum Gasteiger partial charge on any atom is -0.434 e. The summed E-state index contributed by atoms with van der Waals surface area (Å²) in [4.78, 5) is 0. The molecule has 0 spiro atoms. The van der Waals surface area contributed by atoms with Gasteiger partial charge in [-0.05, 0) is 52.3 Å². The van der Waals surface area contributed by atoms with Gasteiger partial charge in [0.2, 0.25) is 0 Å². The highest BCUT2D eigenvalue weighted by molar-refractivity contribution is 9.10. The van der Waals surface area contributed by atoms with E-state index in [0.717, 1.165) is 14.6 Å². The van der Waals surface area contributed by atoms with Gasteiger partial charge < -0.3 is 10.1 Å². The van der Waals surface area contributed by atoms with Crippen LogP contribution in [0.4, 0.5) is 14.5 Å². The van der Waals surface area contributed by atoms with E-state index in [9.17, 15) is 8.78 Å². The van der Waals surface area contributed by atoms with Gasteiger partial charge in [0.05, 0.1) is 5.02 Å². The molecule has 2 nitrogen and oxygen atoms in total. The minimum atomic E-state index is -2.85. The average Bonchev–Trinajstić information content (AvgIpc) is 2.42. The molecule has 0 fully saturated rings. The third-order valence-corrected chi connectivity index (χ3v) is 4.37. The van der Waals surface area contributed by atoms with Crippen molar-refractivity contribution in [3.63, 3.8) is 0 Å². The maximum atomic E-state index is 12.4. The van der Waals surface area contributed by atoms with Crippen LogP contribution in [0.2, 0.25) is 5.02 Å². The highest BCUT2D eigenvalue weighted by atomic mass is 79.9. The van der Waals surface area contributed by atoms with Gasteiger partial charge in [-0.15, -0.1) is 0 Å². The van der Waals surface area contributed by atoms with Crippen molar-refractivity contribution in [2.24, 2.45) is 0 Å². The van der Waals surface area contributed by atoms with Gasteiger partial charge in [-0.2, -0.15) is 8.78 Å². The van der Waals surface area contributed by atoms with Gasteiger partial charge in [-0.3, -0.25) is 0 Å². The fourth-order valence-corrected chi connectivity index (χ4v) is 2.54. The van der Waals surface area contributed by atoms with Crippen molar-refractivity contribution in [2.75, 3.05) is 5.32 Å². The van der Waals surface area contributed by atoms with E-state index in [2.05, 4.69) is 41.9 Å². The molecule has 0 unspecified atom stereocenters. The van der Waals surface area contributed by atoms with Crippen molar-refractivity contribution in [1.82, 2.24) is 0 Å². The van der Waals surface area contributed by atoms with Crippen LogP contribution in [0.25, 0.3) is 0 Å². The Hall–Kier alpha value is -0.850. The quantitative estimate of drug-likeness (QED) is 0.607. The molecule has 0 bridgehead atoms.